The van der Waals surface area contributed by atoms with E-state index < -0.39 is 36.9 Å². The molecule has 7 heteroatoms. The van der Waals surface area contributed by atoms with E-state index in [1.165, 1.54) is 0 Å². The normalized spacial score (nSPS) is 18.3. The lowest BCUT2D eigenvalue weighted by molar-refractivity contribution is -0.122. The van der Waals surface area contributed by atoms with Crippen LogP contribution in [0.1, 0.15) is 0 Å². The van der Waals surface area contributed by atoms with Gasteiger partial charge in [0.2, 0.25) is 5.91 Å². The molecule has 0 aliphatic rings. The molecule has 7 nitrogen and oxygen atoms in total. The SMILES string of the molecule is C=CC(=O)NC[C@H](O)[C@@H](O)[C@@H](O)[C@H](O)CO. The minimum Gasteiger partial charge on any atom is -0.394 e. The second kappa shape index (κ2) is 7.31. The van der Waals surface area contributed by atoms with E-state index >= 15 is 0 Å². The largest absolute Gasteiger partial charge is 0.394 e. The third-order valence-electron chi connectivity index (χ3n) is 2.00. The summed E-state index contributed by atoms with van der Waals surface area (Å²) in [6.07, 6.45) is -5.40. The molecular weight excluding hydrogens is 218 g/mol. The van der Waals surface area contributed by atoms with Crippen molar-refractivity contribution >= 4 is 5.91 Å². The molecule has 16 heavy (non-hydrogen) atoms. The Balaban J connectivity index is 4.11. The molecule has 94 valence electrons. The maximum atomic E-state index is 10.7. The smallest absolute Gasteiger partial charge is 0.243 e. The molecule has 0 aromatic heterocycles. The number of aliphatic hydroxyl groups excluding tert-OH is 5. The molecule has 0 spiro atoms. The van der Waals surface area contributed by atoms with Gasteiger partial charge in [0.15, 0.2) is 0 Å². The zero-order valence-corrected chi connectivity index (χ0v) is 8.65. The van der Waals surface area contributed by atoms with Crippen molar-refractivity contribution in [2.24, 2.45) is 0 Å². The van der Waals surface area contributed by atoms with Gasteiger partial charge in [-0.1, -0.05) is 6.58 Å². The van der Waals surface area contributed by atoms with E-state index in [4.69, 9.17) is 10.2 Å². The molecule has 0 aromatic rings. The van der Waals surface area contributed by atoms with Gasteiger partial charge in [-0.05, 0) is 6.08 Å². The first-order valence-electron chi connectivity index (χ1n) is 4.67. The first-order valence-corrected chi connectivity index (χ1v) is 4.67. The van der Waals surface area contributed by atoms with Gasteiger partial charge in [0, 0.05) is 6.54 Å². The van der Waals surface area contributed by atoms with Crippen LogP contribution in [0.15, 0.2) is 12.7 Å². The van der Waals surface area contributed by atoms with Crippen LogP contribution >= 0.6 is 0 Å². The van der Waals surface area contributed by atoms with Crippen LogP contribution in [-0.4, -0.2) is 69.0 Å². The van der Waals surface area contributed by atoms with Crippen LogP contribution in [0.25, 0.3) is 0 Å². The van der Waals surface area contributed by atoms with E-state index in [9.17, 15) is 20.1 Å². The fourth-order valence-corrected chi connectivity index (χ4v) is 0.961. The van der Waals surface area contributed by atoms with Gasteiger partial charge in [-0.15, -0.1) is 0 Å². The lowest BCUT2D eigenvalue weighted by Gasteiger charge is -2.25. The minimum absolute atomic E-state index is 0.304. The van der Waals surface area contributed by atoms with Crippen molar-refractivity contribution in [1.82, 2.24) is 5.32 Å². The predicted molar refractivity (Wildman–Crippen MR) is 54.3 cm³/mol. The molecule has 0 radical (unpaired) electrons. The second-order valence-electron chi connectivity index (χ2n) is 3.25. The van der Waals surface area contributed by atoms with Crippen LogP contribution in [0.5, 0.6) is 0 Å². The number of carbonyl (C=O) groups is 1. The Kier molecular flexibility index (Phi) is 6.86. The summed E-state index contributed by atoms with van der Waals surface area (Å²) in [5.41, 5.74) is 0. The number of hydrogen-bond acceptors (Lipinski definition) is 6. The third-order valence-corrected chi connectivity index (χ3v) is 2.00. The summed E-state index contributed by atoms with van der Waals surface area (Å²) in [6, 6.07) is 0. The van der Waals surface area contributed by atoms with E-state index in [2.05, 4.69) is 11.9 Å². The zero-order chi connectivity index (χ0) is 12.7. The Morgan fingerprint density at radius 3 is 2.12 bits per heavy atom. The lowest BCUT2D eigenvalue weighted by Crippen LogP contribution is -2.49. The summed E-state index contributed by atoms with van der Waals surface area (Å²) in [5, 5.41) is 47.6. The Bertz CT molecular complexity index is 234. The summed E-state index contributed by atoms with van der Waals surface area (Å²) in [7, 11) is 0. The van der Waals surface area contributed by atoms with Crippen LogP contribution in [0.2, 0.25) is 0 Å². The minimum atomic E-state index is -1.69. The maximum Gasteiger partial charge on any atom is 0.243 e. The van der Waals surface area contributed by atoms with Crippen molar-refractivity contribution in [3.8, 4) is 0 Å². The van der Waals surface area contributed by atoms with Crippen LogP contribution in [-0.2, 0) is 4.79 Å². The molecule has 4 atom stereocenters. The third kappa shape index (κ3) is 4.69. The van der Waals surface area contributed by atoms with Gasteiger partial charge in [-0.2, -0.15) is 0 Å². The number of carbonyl (C=O) groups excluding carboxylic acids is 1. The van der Waals surface area contributed by atoms with Gasteiger partial charge in [-0.25, -0.2) is 0 Å². The first-order chi connectivity index (χ1) is 7.43. The van der Waals surface area contributed by atoms with E-state index in [0.717, 1.165) is 6.08 Å². The molecule has 0 bridgehead atoms. The van der Waals surface area contributed by atoms with Gasteiger partial charge in [0.05, 0.1) is 12.7 Å². The predicted octanol–water partition coefficient (Wildman–Crippen LogP) is -3.28. The number of hydrogen-bond donors (Lipinski definition) is 6. The molecule has 0 aliphatic heterocycles. The second-order valence-corrected chi connectivity index (χ2v) is 3.25. The van der Waals surface area contributed by atoms with Crippen LogP contribution in [0.3, 0.4) is 0 Å². The van der Waals surface area contributed by atoms with Gasteiger partial charge >= 0.3 is 0 Å². The van der Waals surface area contributed by atoms with Crippen LogP contribution in [0.4, 0.5) is 0 Å². The van der Waals surface area contributed by atoms with Crippen molar-refractivity contribution in [1.29, 1.82) is 0 Å². The average Bonchev–Trinajstić information content (AvgIpc) is 2.32. The standard InChI is InChI=1S/C9H17NO6/c1-2-7(14)10-3-5(12)8(15)9(16)6(13)4-11/h2,5-6,8-9,11-13,15-16H,1,3-4H2,(H,10,14)/t5-,6+,8+,9-/m0/s1. The van der Waals surface area contributed by atoms with Gasteiger partial charge < -0.3 is 30.8 Å². The average molecular weight is 235 g/mol. The quantitative estimate of drug-likeness (QED) is 0.257. The van der Waals surface area contributed by atoms with Crippen molar-refractivity contribution in [3.63, 3.8) is 0 Å². The van der Waals surface area contributed by atoms with Crippen LogP contribution in [0, 0.1) is 0 Å². The fraction of sp³-hybridized carbons (Fsp3) is 0.667. The van der Waals surface area contributed by atoms with Crippen LogP contribution < -0.4 is 5.32 Å². The molecule has 1 amide bonds. The molecule has 0 aromatic carbocycles. The molecule has 6 N–H and O–H groups in total. The van der Waals surface area contributed by atoms with Gasteiger partial charge in [0.1, 0.15) is 18.3 Å². The molecule has 0 fully saturated rings. The van der Waals surface area contributed by atoms with Crippen molar-refractivity contribution in [2.75, 3.05) is 13.2 Å². The summed E-state index contributed by atoms with van der Waals surface area (Å²) in [4.78, 5) is 10.7. The highest BCUT2D eigenvalue weighted by Crippen LogP contribution is 2.04. The molecule has 0 heterocycles. The molecule has 0 unspecified atom stereocenters. The summed E-state index contributed by atoms with van der Waals surface area (Å²) in [6.45, 7) is 2.13. The summed E-state index contributed by atoms with van der Waals surface area (Å²) >= 11 is 0. The number of aliphatic hydroxyl groups is 5. The summed E-state index contributed by atoms with van der Waals surface area (Å²) in [5.74, 6) is -0.538. The van der Waals surface area contributed by atoms with E-state index in [-0.39, 0.29) is 6.54 Å². The van der Waals surface area contributed by atoms with Crippen molar-refractivity contribution in [2.45, 2.75) is 24.4 Å². The molecular formula is C9H17NO6. The highest BCUT2D eigenvalue weighted by molar-refractivity contribution is 5.86. The number of rotatable bonds is 7. The Morgan fingerprint density at radius 1 is 1.19 bits per heavy atom. The van der Waals surface area contributed by atoms with Crippen molar-refractivity contribution in [3.05, 3.63) is 12.7 Å². The molecule has 0 saturated carbocycles. The Morgan fingerprint density at radius 2 is 1.69 bits per heavy atom. The highest BCUT2D eigenvalue weighted by Gasteiger charge is 2.29. The summed E-state index contributed by atoms with van der Waals surface area (Å²) < 4.78 is 0. The van der Waals surface area contributed by atoms with E-state index in [0.29, 0.717) is 0 Å². The fourth-order valence-electron chi connectivity index (χ4n) is 0.961. The maximum absolute atomic E-state index is 10.7. The van der Waals surface area contributed by atoms with Gasteiger partial charge in [-0.3, -0.25) is 4.79 Å². The molecule has 0 aliphatic carbocycles. The topological polar surface area (TPSA) is 130 Å². The zero-order valence-electron chi connectivity index (χ0n) is 8.65. The monoisotopic (exact) mass is 235 g/mol. The number of amides is 1. The molecule has 0 rings (SSSR count). The Labute approximate surface area is 92.7 Å². The van der Waals surface area contributed by atoms with Gasteiger partial charge in [0.25, 0.3) is 0 Å². The van der Waals surface area contributed by atoms with Crippen molar-refractivity contribution < 1.29 is 30.3 Å². The first kappa shape index (κ1) is 15.0. The lowest BCUT2D eigenvalue weighted by atomic mass is 10.0. The highest BCUT2D eigenvalue weighted by atomic mass is 16.4. The Hall–Kier alpha value is -0.990. The number of nitrogens with one attached hydrogen (secondary N) is 1. The van der Waals surface area contributed by atoms with E-state index in [1.807, 2.05) is 0 Å². The van der Waals surface area contributed by atoms with E-state index in [1.54, 1.807) is 0 Å². The molecule has 0 saturated heterocycles.